The normalized spacial score (nSPS) is 21.7. The molecule has 2 N–H and O–H groups in total. The maximum atomic E-state index is 12.6. The number of rotatable bonds is 2. The molecule has 1 atom stereocenters. The van der Waals surface area contributed by atoms with Gasteiger partial charge in [-0.1, -0.05) is 0 Å². The average molecular weight is 290 g/mol. The minimum Gasteiger partial charge on any atom is -0.478 e. The first-order valence-corrected chi connectivity index (χ1v) is 7.17. The van der Waals surface area contributed by atoms with E-state index in [0.717, 1.165) is 30.6 Å². The first-order chi connectivity index (χ1) is 10.2. The predicted molar refractivity (Wildman–Crippen MR) is 76.7 cm³/mol. The first-order valence-electron chi connectivity index (χ1n) is 7.17. The van der Waals surface area contributed by atoms with Crippen molar-refractivity contribution in [2.24, 2.45) is 0 Å². The third kappa shape index (κ3) is 2.77. The smallest absolute Gasteiger partial charge is 0.335 e. The number of nitrogens with one attached hydrogen (secondary N) is 1. The molecule has 1 amide bonds. The Bertz CT molecular complexity index is 567. The van der Waals surface area contributed by atoms with E-state index in [1.165, 1.54) is 0 Å². The van der Waals surface area contributed by atoms with Gasteiger partial charge in [0, 0.05) is 25.3 Å². The number of anilines is 1. The van der Waals surface area contributed by atoms with Crippen LogP contribution in [-0.4, -0.2) is 49.3 Å². The topological polar surface area (TPSA) is 78.9 Å². The number of carbonyl (C=O) groups excluding carboxylic acids is 1. The summed E-state index contributed by atoms with van der Waals surface area (Å²) in [5.41, 5.74) is 1.99. The van der Waals surface area contributed by atoms with E-state index in [1.807, 2.05) is 0 Å². The van der Waals surface area contributed by atoms with Crippen molar-refractivity contribution in [3.05, 3.63) is 29.3 Å². The average Bonchev–Trinajstić information content (AvgIpc) is 2.54. The highest BCUT2D eigenvalue weighted by Gasteiger charge is 2.30. The fourth-order valence-corrected chi connectivity index (χ4v) is 2.86. The van der Waals surface area contributed by atoms with Gasteiger partial charge in [-0.25, -0.2) is 4.79 Å². The summed E-state index contributed by atoms with van der Waals surface area (Å²) in [5.74, 6) is -0.993. The summed E-state index contributed by atoms with van der Waals surface area (Å²) in [7, 11) is 0. The lowest BCUT2D eigenvalue weighted by Crippen LogP contribution is -2.50. The lowest BCUT2D eigenvalue weighted by molar-refractivity contribution is -0.131. The van der Waals surface area contributed by atoms with Crippen LogP contribution in [0, 0.1) is 0 Å². The van der Waals surface area contributed by atoms with E-state index < -0.39 is 12.1 Å². The Kier molecular flexibility index (Phi) is 3.90. The molecule has 0 saturated carbocycles. The van der Waals surface area contributed by atoms with Crippen LogP contribution in [0.1, 0.15) is 22.3 Å². The third-order valence-electron chi connectivity index (χ3n) is 3.91. The number of aromatic carboxylic acids is 1. The maximum Gasteiger partial charge on any atom is 0.335 e. The van der Waals surface area contributed by atoms with Gasteiger partial charge < -0.3 is 20.1 Å². The largest absolute Gasteiger partial charge is 0.478 e. The summed E-state index contributed by atoms with van der Waals surface area (Å²) < 4.78 is 5.52. The van der Waals surface area contributed by atoms with Crippen molar-refractivity contribution in [3.63, 3.8) is 0 Å². The number of carbonyl (C=O) groups is 2. The second-order valence-electron chi connectivity index (χ2n) is 5.31. The fraction of sp³-hybridized carbons (Fsp3) is 0.467. The molecule has 0 unspecified atom stereocenters. The van der Waals surface area contributed by atoms with Crippen molar-refractivity contribution in [1.82, 2.24) is 5.32 Å². The van der Waals surface area contributed by atoms with E-state index >= 15 is 0 Å². The van der Waals surface area contributed by atoms with Gasteiger partial charge in [0.15, 0.2) is 0 Å². The number of aryl methyl sites for hydroxylation is 1. The molecule has 112 valence electrons. The van der Waals surface area contributed by atoms with Gasteiger partial charge in [-0.3, -0.25) is 4.79 Å². The number of hydrogen-bond acceptors (Lipinski definition) is 4. The van der Waals surface area contributed by atoms with Crippen LogP contribution in [0.3, 0.4) is 0 Å². The summed E-state index contributed by atoms with van der Waals surface area (Å²) in [5, 5.41) is 12.2. The van der Waals surface area contributed by atoms with Crippen LogP contribution in [-0.2, 0) is 16.0 Å². The zero-order chi connectivity index (χ0) is 14.8. The van der Waals surface area contributed by atoms with Crippen molar-refractivity contribution in [3.8, 4) is 0 Å². The van der Waals surface area contributed by atoms with Gasteiger partial charge in [0.25, 0.3) is 5.91 Å². The molecular formula is C15H18N2O4. The van der Waals surface area contributed by atoms with Gasteiger partial charge in [0.1, 0.15) is 6.10 Å². The molecule has 1 aromatic carbocycles. The number of benzene rings is 1. The molecular weight excluding hydrogens is 272 g/mol. The summed E-state index contributed by atoms with van der Waals surface area (Å²) in [4.78, 5) is 25.3. The molecule has 0 spiro atoms. The molecule has 1 saturated heterocycles. The lowest BCUT2D eigenvalue weighted by atomic mass is 9.98. The summed E-state index contributed by atoms with van der Waals surface area (Å²) in [6.45, 7) is 2.48. The Balaban J connectivity index is 1.86. The van der Waals surface area contributed by atoms with Crippen molar-refractivity contribution in [2.45, 2.75) is 18.9 Å². The van der Waals surface area contributed by atoms with Crippen LogP contribution in [0.25, 0.3) is 0 Å². The highest BCUT2D eigenvalue weighted by molar-refractivity contribution is 5.98. The Morgan fingerprint density at radius 1 is 1.38 bits per heavy atom. The quantitative estimate of drug-likeness (QED) is 0.836. The number of amides is 1. The summed E-state index contributed by atoms with van der Waals surface area (Å²) >= 11 is 0. The van der Waals surface area contributed by atoms with Crippen molar-refractivity contribution in [2.75, 3.05) is 31.1 Å². The van der Waals surface area contributed by atoms with E-state index in [-0.39, 0.29) is 11.5 Å². The summed E-state index contributed by atoms with van der Waals surface area (Å²) in [6.07, 6.45) is 1.18. The number of nitrogens with zero attached hydrogens (tertiary/aromatic N) is 1. The van der Waals surface area contributed by atoms with Crippen LogP contribution in [0.5, 0.6) is 0 Å². The standard InChI is InChI=1S/C15H18N2O4/c18-14(13-9-16-5-7-21-13)17-6-1-2-10-8-11(15(19)20)3-4-12(10)17/h3-4,8,13,16H,1-2,5-7,9H2,(H,19,20)/t13-/m0/s1. The maximum absolute atomic E-state index is 12.6. The van der Waals surface area contributed by atoms with Gasteiger partial charge in [0.2, 0.25) is 0 Å². The van der Waals surface area contributed by atoms with E-state index in [9.17, 15) is 9.59 Å². The number of morpholine rings is 1. The molecule has 0 aliphatic carbocycles. The molecule has 0 radical (unpaired) electrons. The molecule has 0 aromatic heterocycles. The third-order valence-corrected chi connectivity index (χ3v) is 3.91. The van der Waals surface area contributed by atoms with E-state index in [2.05, 4.69) is 5.32 Å². The highest BCUT2D eigenvalue weighted by Crippen LogP contribution is 2.29. The number of fused-ring (bicyclic) bond motifs is 1. The van der Waals surface area contributed by atoms with Crippen molar-refractivity contribution in [1.29, 1.82) is 0 Å². The summed E-state index contributed by atoms with van der Waals surface area (Å²) in [6, 6.07) is 4.94. The Hall–Kier alpha value is -1.92. The monoisotopic (exact) mass is 290 g/mol. The zero-order valence-corrected chi connectivity index (χ0v) is 11.7. The number of hydrogen-bond donors (Lipinski definition) is 2. The Morgan fingerprint density at radius 3 is 2.95 bits per heavy atom. The minimum absolute atomic E-state index is 0.0498. The van der Waals surface area contributed by atoms with Crippen molar-refractivity contribution < 1.29 is 19.4 Å². The van der Waals surface area contributed by atoms with E-state index in [0.29, 0.717) is 19.7 Å². The second kappa shape index (κ2) is 5.83. The van der Waals surface area contributed by atoms with Gasteiger partial charge in [-0.2, -0.15) is 0 Å². The van der Waals surface area contributed by atoms with Crippen LogP contribution < -0.4 is 10.2 Å². The Labute approximate surface area is 122 Å². The van der Waals surface area contributed by atoms with Gasteiger partial charge in [-0.15, -0.1) is 0 Å². The molecule has 6 nitrogen and oxygen atoms in total. The lowest BCUT2D eigenvalue weighted by Gasteiger charge is -2.33. The molecule has 1 fully saturated rings. The zero-order valence-electron chi connectivity index (χ0n) is 11.7. The van der Waals surface area contributed by atoms with Gasteiger partial charge in [-0.05, 0) is 36.6 Å². The highest BCUT2D eigenvalue weighted by atomic mass is 16.5. The fourth-order valence-electron chi connectivity index (χ4n) is 2.86. The molecule has 2 aliphatic heterocycles. The van der Waals surface area contributed by atoms with Crippen LogP contribution >= 0.6 is 0 Å². The molecule has 6 heteroatoms. The Morgan fingerprint density at radius 2 is 2.24 bits per heavy atom. The first kappa shape index (κ1) is 14.0. The van der Waals surface area contributed by atoms with Gasteiger partial charge >= 0.3 is 5.97 Å². The SMILES string of the molecule is O=C(O)c1ccc2c(c1)CCCN2C(=O)[C@@H]1CNCCO1. The number of carboxylic acids is 1. The molecule has 2 heterocycles. The van der Waals surface area contributed by atoms with Gasteiger partial charge in [0.05, 0.1) is 12.2 Å². The molecule has 1 aromatic rings. The molecule has 3 rings (SSSR count). The minimum atomic E-state index is -0.943. The molecule has 0 bridgehead atoms. The van der Waals surface area contributed by atoms with Crippen LogP contribution in [0.2, 0.25) is 0 Å². The second-order valence-corrected chi connectivity index (χ2v) is 5.31. The van der Waals surface area contributed by atoms with Crippen molar-refractivity contribution >= 4 is 17.6 Å². The molecule has 21 heavy (non-hydrogen) atoms. The van der Waals surface area contributed by atoms with E-state index in [1.54, 1.807) is 23.1 Å². The van der Waals surface area contributed by atoms with Crippen LogP contribution in [0.4, 0.5) is 5.69 Å². The number of ether oxygens (including phenoxy) is 1. The number of carboxylic acid groups (broad SMARTS) is 1. The predicted octanol–water partition coefficient (Wildman–Crippen LogP) is 0.652. The van der Waals surface area contributed by atoms with E-state index in [4.69, 9.17) is 9.84 Å². The molecule has 2 aliphatic rings. The van der Waals surface area contributed by atoms with Crippen LogP contribution in [0.15, 0.2) is 18.2 Å².